The fourth-order valence-corrected chi connectivity index (χ4v) is 9.37. The lowest BCUT2D eigenvalue weighted by Crippen LogP contribution is -2.03. The Hall–Kier alpha value is -7.43. The second-order valence-electron chi connectivity index (χ2n) is 15.2. The van der Waals surface area contributed by atoms with E-state index in [4.69, 9.17) is 9.52 Å². The fraction of sp³-hybridized carbons (Fsp3) is 0.0556. The maximum absolute atomic E-state index is 6.68. The van der Waals surface area contributed by atoms with E-state index in [1.165, 1.54) is 55.6 Å². The van der Waals surface area contributed by atoms with Crippen LogP contribution in [0.3, 0.4) is 0 Å². The van der Waals surface area contributed by atoms with Gasteiger partial charge in [0.15, 0.2) is 0 Å². The summed E-state index contributed by atoms with van der Waals surface area (Å²) in [6.07, 6.45) is 0.837. The number of hydrogen-bond donors (Lipinski definition) is 0. The molecule has 11 rings (SSSR count). The van der Waals surface area contributed by atoms with Gasteiger partial charge in [0.1, 0.15) is 22.6 Å². The topological polar surface area (TPSA) is 51.8 Å². The third-order valence-corrected chi connectivity index (χ3v) is 12.0. The van der Waals surface area contributed by atoms with Crippen LogP contribution in [0, 0.1) is 13.8 Å². The molecule has 2 aromatic heterocycles. The largest absolute Gasteiger partial charge is 0.456 e. The highest BCUT2D eigenvalue weighted by Crippen LogP contribution is 2.54. The van der Waals surface area contributed by atoms with Crippen molar-refractivity contribution in [3.05, 3.63) is 198 Å². The molecule has 8 aromatic carbocycles. The molecule has 1 aliphatic carbocycles. The van der Waals surface area contributed by atoms with E-state index < -0.39 is 0 Å². The molecule has 0 saturated heterocycles. The van der Waals surface area contributed by atoms with Crippen LogP contribution in [0.4, 0.5) is 0 Å². The van der Waals surface area contributed by atoms with Gasteiger partial charge in [-0.05, 0) is 110 Å². The number of rotatable bonds is 6. The maximum atomic E-state index is 6.68. The van der Waals surface area contributed by atoms with Gasteiger partial charge in [-0.3, -0.25) is 0 Å². The summed E-state index contributed by atoms with van der Waals surface area (Å²) >= 11 is 0. The molecule has 0 N–H and O–H groups in total. The van der Waals surface area contributed by atoms with E-state index >= 15 is 0 Å². The van der Waals surface area contributed by atoms with Gasteiger partial charge in [0, 0.05) is 33.0 Å². The van der Waals surface area contributed by atoms with Gasteiger partial charge in [-0.2, -0.15) is 0 Å². The standard InChI is InChI=1S/C54H37N3O/c1-33-34(2)48(44-32-38-24-12-13-25-39(38)50(44)47(33)35-18-6-3-7-19-35)52-41(30-31-46-51(52)43-28-16-17-29-45(43)58-46)40-26-14-15-27-42(40)54-49(36-20-8-4-9-21-36)53(55-57-56-54)37-22-10-5-11-23-37/h3-31H,32H2,1-2H3. The summed E-state index contributed by atoms with van der Waals surface area (Å²) in [5.74, 6) is 0. The summed E-state index contributed by atoms with van der Waals surface area (Å²) < 4.78 is 6.68. The van der Waals surface area contributed by atoms with Crippen molar-refractivity contribution in [2.45, 2.75) is 20.3 Å². The highest BCUT2D eigenvalue weighted by molar-refractivity contribution is 6.18. The van der Waals surface area contributed by atoms with Crippen LogP contribution in [-0.2, 0) is 6.42 Å². The average Bonchev–Trinajstić information content (AvgIpc) is 3.86. The lowest BCUT2D eigenvalue weighted by Gasteiger charge is -2.24. The molecular formula is C54H37N3O. The molecule has 10 aromatic rings. The van der Waals surface area contributed by atoms with Crippen molar-refractivity contribution < 1.29 is 4.42 Å². The molecule has 0 amide bonds. The molecule has 0 saturated carbocycles. The van der Waals surface area contributed by atoms with Crippen molar-refractivity contribution in [1.29, 1.82) is 0 Å². The van der Waals surface area contributed by atoms with Crippen LogP contribution in [0.25, 0.3) is 100 Å². The van der Waals surface area contributed by atoms with E-state index in [2.05, 4.69) is 176 Å². The lowest BCUT2D eigenvalue weighted by molar-refractivity contribution is 0.669. The van der Waals surface area contributed by atoms with Crippen molar-refractivity contribution >= 4 is 21.9 Å². The van der Waals surface area contributed by atoms with Gasteiger partial charge < -0.3 is 4.42 Å². The van der Waals surface area contributed by atoms with Gasteiger partial charge in [-0.25, -0.2) is 0 Å². The molecule has 0 unspecified atom stereocenters. The average molecular weight is 744 g/mol. The molecule has 0 spiro atoms. The van der Waals surface area contributed by atoms with Gasteiger partial charge in [-0.1, -0.05) is 158 Å². The second kappa shape index (κ2) is 13.6. The summed E-state index contributed by atoms with van der Waals surface area (Å²) in [4.78, 5) is 0. The summed E-state index contributed by atoms with van der Waals surface area (Å²) in [5.41, 5.74) is 22.3. The number of nitrogens with zero attached hydrogens (tertiary/aromatic N) is 3. The van der Waals surface area contributed by atoms with E-state index in [9.17, 15) is 0 Å². The molecule has 0 fully saturated rings. The van der Waals surface area contributed by atoms with Crippen molar-refractivity contribution in [2.24, 2.45) is 0 Å². The Kier molecular flexibility index (Phi) is 7.97. The molecule has 4 nitrogen and oxygen atoms in total. The Bertz CT molecular complexity index is 3200. The minimum absolute atomic E-state index is 0.781. The van der Waals surface area contributed by atoms with Crippen LogP contribution in [0.5, 0.6) is 0 Å². The quantitative estimate of drug-likeness (QED) is 0.170. The first-order chi connectivity index (χ1) is 28.7. The van der Waals surface area contributed by atoms with Crippen LogP contribution in [0.2, 0.25) is 0 Å². The second-order valence-corrected chi connectivity index (χ2v) is 15.2. The highest BCUT2D eigenvalue weighted by atomic mass is 16.3. The normalized spacial score (nSPS) is 11.9. The first-order valence-electron chi connectivity index (χ1n) is 19.8. The van der Waals surface area contributed by atoms with Crippen LogP contribution in [0.1, 0.15) is 22.3 Å². The van der Waals surface area contributed by atoms with Crippen molar-refractivity contribution in [1.82, 2.24) is 15.4 Å². The molecule has 0 aliphatic heterocycles. The Morgan fingerprint density at radius 1 is 0.397 bits per heavy atom. The van der Waals surface area contributed by atoms with Gasteiger partial charge in [0.25, 0.3) is 0 Å². The molecule has 4 heteroatoms. The maximum Gasteiger partial charge on any atom is 0.136 e. The third-order valence-electron chi connectivity index (χ3n) is 12.0. The number of aromatic nitrogens is 3. The fourth-order valence-electron chi connectivity index (χ4n) is 9.37. The molecule has 0 atom stereocenters. The SMILES string of the molecule is Cc1c(C)c(-c2ccccc2)c2c(c1-c1c(-c3ccccc3-c3nnnc(-c4ccccc4)c3-c3ccccc3)ccc3oc4ccccc4c13)Cc1ccccc1-2. The monoisotopic (exact) mass is 743 g/mol. The molecule has 2 heterocycles. The van der Waals surface area contributed by atoms with E-state index in [1.54, 1.807) is 0 Å². The number of hydrogen-bond acceptors (Lipinski definition) is 4. The van der Waals surface area contributed by atoms with Gasteiger partial charge in [0.2, 0.25) is 0 Å². The van der Waals surface area contributed by atoms with Crippen LogP contribution in [0.15, 0.2) is 180 Å². The summed E-state index contributed by atoms with van der Waals surface area (Å²) in [5, 5.41) is 16.2. The highest BCUT2D eigenvalue weighted by Gasteiger charge is 2.32. The van der Waals surface area contributed by atoms with Crippen molar-refractivity contribution in [2.75, 3.05) is 0 Å². The predicted octanol–water partition coefficient (Wildman–Crippen LogP) is 14.0. The first-order valence-corrected chi connectivity index (χ1v) is 19.8. The molecule has 0 radical (unpaired) electrons. The molecule has 0 bridgehead atoms. The number of para-hydroxylation sites is 1. The van der Waals surface area contributed by atoms with Gasteiger partial charge in [0.05, 0.1) is 0 Å². The van der Waals surface area contributed by atoms with Crippen molar-refractivity contribution in [3.8, 4) is 78.1 Å². The Labute approximate surface area is 337 Å². The Morgan fingerprint density at radius 2 is 0.966 bits per heavy atom. The molecule has 274 valence electrons. The van der Waals surface area contributed by atoms with Crippen LogP contribution in [-0.4, -0.2) is 15.4 Å². The van der Waals surface area contributed by atoms with E-state index in [0.29, 0.717) is 0 Å². The summed E-state index contributed by atoms with van der Waals surface area (Å²) in [7, 11) is 0. The Morgan fingerprint density at radius 3 is 1.71 bits per heavy atom. The van der Waals surface area contributed by atoms with E-state index in [1.807, 2.05) is 24.3 Å². The van der Waals surface area contributed by atoms with Crippen molar-refractivity contribution in [3.63, 3.8) is 0 Å². The molecular weight excluding hydrogens is 707 g/mol. The Balaban J connectivity index is 1.26. The van der Waals surface area contributed by atoms with Crippen LogP contribution >= 0.6 is 0 Å². The summed E-state index contributed by atoms with van der Waals surface area (Å²) in [6, 6.07) is 62.0. The minimum Gasteiger partial charge on any atom is -0.456 e. The zero-order chi connectivity index (χ0) is 38.7. The lowest BCUT2D eigenvalue weighted by atomic mass is 9.79. The zero-order valence-corrected chi connectivity index (χ0v) is 32.2. The number of fused-ring (bicyclic) bond motifs is 6. The van der Waals surface area contributed by atoms with Gasteiger partial charge in [-0.15, -0.1) is 10.2 Å². The molecule has 58 heavy (non-hydrogen) atoms. The third kappa shape index (κ3) is 5.26. The zero-order valence-electron chi connectivity index (χ0n) is 32.2. The van der Waals surface area contributed by atoms with E-state index in [0.717, 1.165) is 73.1 Å². The predicted molar refractivity (Wildman–Crippen MR) is 237 cm³/mol. The van der Waals surface area contributed by atoms with Crippen LogP contribution < -0.4 is 0 Å². The summed E-state index contributed by atoms with van der Waals surface area (Å²) in [6.45, 7) is 4.61. The van der Waals surface area contributed by atoms with Gasteiger partial charge >= 0.3 is 0 Å². The molecule has 1 aliphatic rings. The first kappa shape index (κ1) is 33.9. The smallest absolute Gasteiger partial charge is 0.136 e. The minimum atomic E-state index is 0.781. The van der Waals surface area contributed by atoms with E-state index in [-0.39, 0.29) is 0 Å². The number of furan rings is 1. The number of benzene rings is 8.